The van der Waals surface area contributed by atoms with Crippen LogP contribution in [0.5, 0.6) is 0 Å². The van der Waals surface area contributed by atoms with Crippen LogP contribution in [0, 0.1) is 0 Å². The molecule has 0 amide bonds. The third kappa shape index (κ3) is 2.80. The quantitative estimate of drug-likeness (QED) is 0.683. The molecular weight excluding hydrogens is 277 g/mol. The van der Waals surface area contributed by atoms with Crippen LogP contribution >= 0.6 is 34.5 Å². The Morgan fingerprint density at radius 3 is 2.47 bits per heavy atom. The number of nitrogen functional groups attached to an aromatic ring is 1. The molecule has 1 aromatic heterocycles. The standard InChI is InChI=1S/C12H9Cl2NOS/c13-9-4-7(5-10(14)12(9)15)11(16)6-8-2-1-3-17-8/h1-5H,6,15H2. The lowest BCUT2D eigenvalue weighted by Crippen LogP contribution is -2.03. The number of hydrogen-bond acceptors (Lipinski definition) is 3. The molecule has 17 heavy (non-hydrogen) atoms. The molecule has 2 nitrogen and oxygen atoms in total. The van der Waals surface area contributed by atoms with Crippen molar-refractivity contribution in [1.82, 2.24) is 0 Å². The van der Waals surface area contributed by atoms with E-state index in [-0.39, 0.29) is 5.78 Å². The molecule has 0 aliphatic carbocycles. The molecule has 0 radical (unpaired) electrons. The van der Waals surface area contributed by atoms with Gasteiger partial charge in [0, 0.05) is 16.9 Å². The van der Waals surface area contributed by atoms with Gasteiger partial charge in [-0.1, -0.05) is 29.3 Å². The second kappa shape index (κ2) is 5.08. The van der Waals surface area contributed by atoms with Gasteiger partial charge in [-0.15, -0.1) is 11.3 Å². The van der Waals surface area contributed by atoms with Gasteiger partial charge >= 0.3 is 0 Å². The fourth-order valence-corrected chi connectivity index (χ4v) is 2.61. The van der Waals surface area contributed by atoms with Crippen LogP contribution in [0.25, 0.3) is 0 Å². The highest BCUT2D eigenvalue weighted by Gasteiger charge is 2.12. The van der Waals surface area contributed by atoms with Crippen molar-refractivity contribution in [2.45, 2.75) is 6.42 Å². The molecule has 1 aromatic carbocycles. The van der Waals surface area contributed by atoms with E-state index in [1.165, 1.54) is 0 Å². The van der Waals surface area contributed by atoms with Gasteiger partial charge in [-0.3, -0.25) is 4.79 Å². The Balaban J connectivity index is 2.26. The number of ketones is 1. The van der Waals surface area contributed by atoms with Crippen LogP contribution in [0.4, 0.5) is 5.69 Å². The van der Waals surface area contributed by atoms with E-state index in [9.17, 15) is 4.79 Å². The lowest BCUT2D eigenvalue weighted by atomic mass is 10.1. The van der Waals surface area contributed by atoms with Gasteiger partial charge in [-0.25, -0.2) is 0 Å². The Kier molecular flexibility index (Phi) is 3.72. The van der Waals surface area contributed by atoms with Crippen molar-refractivity contribution < 1.29 is 4.79 Å². The Morgan fingerprint density at radius 1 is 1.29 bits per heavy atom. The normalized spacial score (nSPS) is 10.5. The summed E-state index contributed by atoms with van der Waals surface area (Å²) in [5.41, 5.74) is 6.41. The molecule has 0 saturated carbocycles. The third-order valence-electron chi connectivity index (χ3n) is 2.32. The van der Waals surface area contributed by atoms with Gasteiger partial charge in [0.2, 0.25) is 0 Å². The van der Waals surface area contributed by atoms with E-state index in [1.54, 1.807) is 23.5 Å². The number of benzene rings is 1. The highest BCUT2D eigenvalue weighted by Crippen LogP contribution is 2.29. The highest BCUT2D eigenvalue weighted by molar-refractivity contribution is 7.10. The fraction of sp³-hybridized carbons (Fsp3) is 0.0833. The van der Waals surface area contributed by atoms with Crippen molar-refractivity contribution in [3.8, 4) is 0 Å². The number of nitrogens with two attached hydrogens (primary N) is 1. The molecule has 0 aliphatic heterocycles. The van der Waals surface area contributed by atoms with Gasteiger partial charge in [0.1, 0.15) is 0 Å². The molecule has 2 aromatic rings. The molecule has 2 N–H and O–H groups in total. The third-order valence-corrected chi connectivity index (χ3v) is 3.82. The summed E-state index contributed by atoms with van der Waals surface area (Å²) < 4.78 is 0. The van der Waals surface area contributed by atoms with Crippen molar-refractivity contribution >= 4 is 46.0 Å². The van der Waals surface area contributed by atoms with Gasteiger partial charge in [-0.2, -0.15) is 0 Å². The van der Waals surface area contributed by atoms with Crippen molar-refractivity contribution in [3.05, 3.63) is 50.1 Å². The van der Waals surface area contributed by atoms with E-state index in [0.717, 1.165) is 4.88 Å². The van der Waals surface area contributed by atoms with E-state index < -0.39 is 0 Å². The molecule has 2 rings (SSSR count). The molecule has 1 heterocycles. The Bertz CT molecular complexity index is 529. The van der Waals surface area contributed by atoms with Crippen LogP contribution in [0.3, 0.4) is 0 Å². The summed E-state index contributed by atoms with van der Waals surface area (Å²) in [5.74, 6) is -0.0174. The minimum atomic E-state index is -0.0174. The lowest BCUT2D eigenvalue weighted by Gasteiger charge is -2.05. The molecule has 0 unspecified atom stereocenters. The average molecular weight is 286 g/mol. The Labute approximate surface area is 113 Å². The minimum absolute atomic E-state index is 0.0174. The zero-order valence-corrected chi connectivity index (χ0v) is 11.1. The van der Waals surface area contributed by atoms with Crippen LogP contribution in [0.2, 0.25) is 10.0 Å². The SMILES string of the molecule is Nc1c(Cl)cc(C(=O)Cc2cccs2)cc1Cl. The van der Waals surface area contributed by atoms with Gasteiger partial charge in [0.05, 0.1) is 15.7 Å². The van der Waals surface area contributed by atoms with E-state index in [4.69, 9.17) is 28.9 Å². The molecule has 0 spiro atoms. The van der Waals surface area contributed by atoms with Crippen LogP contribution in [0.1, 0.15) is 15.2 Å². The number of halogens is 2. The number of rotatable bonds is 3. The molecular formula is C12H9Cl2NOS. The van der Waals surface area contributed by atoms with Gasteiger partial charge in [-0.05, 0) is 23.6 Å². The minimum Gasteiger partial charge on any atom is -0.396 e. The van der Waals surface area contributed by atoms with Crippen LogP contribution < -0.4 is 5.73 Å². The van der Waals surface area contributed by atoms with Crippen molar-refractivity contribution in [2.75, 3.05) is 5.73 Å². The number of anilines is 1. The molecule has 88 valence electrons. The number of carbonyl (C=O) groups is 1. The molecule has 0 bridgehead atoms. The van der Waals surface area contributed by atoms with Crippen LogP contribution in [-0.4, -0.2) is 5.78 Å². The van der Waals surface area contributed by atoms with Crippen molar-refractivity contribution in [2.24, 2.45) is 0 Å². The number of Topliss-reactive ketones (excluding diaryl/α,β-unsaturated/α-hetero) is 1. The van der Waals surface area contributed by atoms with E-state index in [2.05, 4.69) is 0 Å². The molecule has 0 fully saturated rings. The first-order valence-corrected chi connectivity index (χ1v) is 6.51. The summed E-state index contributed by atoms with van der Waals surface area (Å²) in [5, 5.41) is 2.56. The summed E-state index contributed by atoms with van der Waals surface area (Å²) in [6, 6.07) is 6.94. The first-order valence-electron chi connectivity index (χ1n) is 4.88. The first-order chi connectivity index (χ1) is 8.08. The summed E-state index contributed by atoms with van der Waals surface area (Å²) in [6.45, 7) is 0. The summed E-state index contributed by atoms with van der Waals surface area (Å²) in [4.78, 5) is 13.0. The number of thiophene rings is 1. The Hall–Kier alpha value is -1.03. The Morgan fingerprint density at radius 2 is 1.94 bits per heavy atom. The monoisotopic (exact) mass is 285 g/mol. The predicted octanol–water partition coefficient (Wildman–Crippen LogP) is 4.06. The maximum absolute atomic E-state index is 12.0. The second-order valence-electron chi connectivity index (χ2n) is 3.53. The molecule has 0 aliphatic rings. The maximum atomic E-state index is 12.0. The summed E-state index contributed by atoms with van der Waals surface area (Å²) in [7, 11) is 0. The zero-order valence-electron chi connectivity index (χ0n) is 8.74. The summed E-state index contributed by atoms with van der Waals surface area (Å²) in [6.07, 6.45) is 0.355. The van der Waals surface area contributed by atoms with Crippen LogP contribution in [0.15, 0.2) is 29.6 Å². The topological polar surface area (TPSA) is 43.1 Å². The predicted molar refractivity (Wildman–Crippen MR) is 73.2 cm³/mol. The highest BCUT2D eigenvalue weighted by atomic mass is 35.5. The lowest BCUT2D eigenvalue weighted by molar-refractivity contribution is 0.0994. The van der Waals surface area contributed by atoms with E-state index in [0.29, 0.717) is 27.7 Å². The van der Waals surface area contributed by atoms with E-state index in [1.807, 2.05) is 17.5 Å². The van der Waals surface area contributed by atoms with Gasteiger partial charge < -0.3 is 5.73 Å². The molecule has 0 saturated heterocycles. The average Bonchev–Trinajstić information content (AvgIpc) is 2.77. The molecule has 0 atom stereocenters. The number of hydrogen-bond donors (Lipinski definition) is 1. The smallest absolute Gasteiger partial charge is 0.168 e. The molecule has 5 heteroatoms. The maximum Gasteiger partial charge on any atom is 0.168 e. The largest absolute Gasteiger partial charge is 0.396 e. The van der Waals surface area contributed by atoms with Gasteiger partial charge in [0.25, 0.3) is 0 Å². The van der Waals surface area contributed by atoms with Gasteiger partial charge in [0.15, 0.2) is 5.78 Å². The van der Waals surface area contributed by atoms with Crippen molar-refractivity contribution in [3.63, 3.8) is 0 Å². The summed E-state index contributed by atoms with van der Waals surface area (Å²) >= 11 is 13.3. The van der Waals surface area contributed by atoms with E-state index >= 15 is 0 Å². The first kappa shape index (κ1) is 12.4. The fourth-order valence-electron chi connectivity index (χ4n) is 1.42. The van der Waals surface area contributed by atoms with Crippen LogP contribution in [-0.2, 0) is 6.42 Å². The van der Waals surface area contributed by atoms with Crippen molar-refractivity contribution in [1.29, 1.82) is 0 Å². The number of carbonyl (C=O) groups excluding carboxylic acids is 1. The zero-order chi connectivity index (χ0) is 12.4. The second-order valence-corrected chi connectivity index (χ2v) is 5.38.